The monoisotopic (exact) mass is 211 g/mol. The van der Waals surface area contributed by atoms with Crippen LogP contribution >= 0.6 is 0 Å². The van der Waals surface area contributed by atoms with E-state index in [9.17, 15) is 9.50 Å². The van der Waals surface area contributed by atoms with Crippen molar-refractivity contribution in [3.63, 3.8) is 0 Å². The van der Waals surface area contributed by atoms with Crippen molar-refractivity contribution in [3.8, 4) is 5.75 Å². The van der Waals surface area contributed by atoms with Crippen LogP contribution in [0.4, 0.5) is 4.39 Å². The van der Waals surface area contributed by atoms with Crippen molar-refractivity contribution in [1.29, 1.82) is 0 Å². The van der Waals surface area contributed by atoms with Gasteiger partial charge in [-0.15, -0.1) is 0 Å². The molecule has 0 fully saturated rings. The first-order chi connectivity index (χ1) is 6.93. The van der Waals surface area contributed by atoms with Crippen LogP contribution in [0, 0.1) is 18.7 Å². The first kappa shape index (κ1) is 12.0. The van der Waals surface area contributed by atoms with E-state index in [1.807, 2.05) is 20.8 Å². The number of aryl methyl sites for hydroxylation is 1. The number of halogens is 1. The number of hydrogen-bond donors (Lipinski definition) is 2. The van der Waals surface area contributed by atoms with E-state index in [4.69, 9.17) is 5.73 Å². The molecule has 0 heterocycles. The van der Waals surface area contributed by atoms with Gasteiger partial charge in [-0.05, 0) is 30.9 Å². The summed E-state index contributed by atoms with van der Waals surface area (Å²) >= 11 is 0. The van der Waals surface area contributed by atoms with E-state index >= 15 is 0 Å². The molecule has 1 aromatic carbocycles. The van der Waals surface area contributed by atoms with E-state index in [0.29, 0.717) is 11.5 Å². The quantitative estimate of drug-likeness (QED) is 0.807. The highest BCUT2D eigenvalue weighted by Crippen LogP contribution is 2.31. The fourth-order valence-corrected chi connectivity index (χ4v) is 1.78. The number of phenolic OH excluding ortho intramolecular Hbond substituents is 1. The van der Waals surface area contributed by atoms with Gasteiger partial charge >= 0.3 is 0 Å². The maximum Gasteiger partial charge on any atom is 0.165 e. The smallest absolute Gasteiger partial charge is 0.165 e. The summed E-state index contributed by atoms with van der Waals surface area (Å²) in [5.74, 6) is -0.486. The van der Waals surface area contributed by atoms with Gasteiger partial charge in [-0.25, -0.2) is 4.39 Å². The Balaban J connectivity index is 3.07. The minimum absolute atomic E-state index is 0.303. The second-order valence-electron chi connectivity index (χ2n) is 4.36. The first-order valence-corrected chi connectivity index (χ1v) is 5.17. The molecule has 2 nitrogen and oxygen atoms in total. The lowest BCUT2D eigenvalue weighted by Gasteiger charge is -2.18. The van der Waals surface area contributed by atoms with Gasteiger partial charge in [0.2, 0.25) is 0 Å². The number of rotatable bonds is 3. The van der Waals surface area contributed by atoms with Crippen LogP contribution in [0.5, 0.6) is 5.75 Å². The van der Waals surface area contributed by atoms with E-state index in [2.05, 4.69) is 0 Å². The van der Waals surface area contributed by atoms with Gasteiger partial charge in [0.05, 0.1) is 0 Å². The molecule has 84 valence electrons. The summed E-state index contributed by atoms with van der Waals surface area (Å²) in [5.41, 5.74) is 7.31. The van der Waals surface area contributed by atoms with E-state index in [1.165, 1.54) is 6.07 Å². The molecular formula is C12H18FNO. The first-order valence-electron chi connectivity index (χ1n) is 5.17. The largest absolute Gasteiger partial charge is 0.505 e. The fourth-order valence-electron chi connectivity index (χ4n) is 1.78. The number of benzene rings is 1. The van der Waals surface area contributed by atoms with Crippen LogP contribution in [0.2, 0.25) is 0 Å². The van der Waals surface area contributed by atoms with Crippen molar-refractivity contribution in [1.82, 2.24) is 0 Å². The zero-order valence-electron chi connectivity index (χ0n) is 9.42. The van der Waals surface area contributed by atoms with E-state index < -0.39 is 5.82 Å². The Labute approximate surface area is 89.9 Å². The normalized spacial score (nSPS) is 13.2. The third-order valence-corrected chi connectivity index (χ3v) is 2.48. The van der Waals surface area contributed by atoms with Gasteiger partial charge in [-0.1, -0.05) is 19.9 Å². The molecule has 3 heteroatoms. The number of aromatic hydroxyl groups is 1. The van der Waals surface area contributed by atoms with Crippen molar-refractivity contribution < 1.29 is 9.50 Å². The molecule has 0 saturated carbocycles. The van der Waals surface area contributed by atoms with E-state index in [1.54, 1.807) is 6.07 Å². The van der Waals surface area contributed by atoms with Crippen LogP contribution in [0.25, 0.3) is 0 Å². The standard InChI is InChI=1S/C12H18FNO/c1-7(2)6-10(14)11-8(3)4-5-9(13)12(11)15/h4-5,7,10,15H,6,14H2,1-3H3/t10-/m0/s1. The maximum atomic E-state index is 13.2. The van der Waals surface area contributed by atoms with Gasteiger partial charge in [0.1, 0.15) is 0 Å². The molecule has 0 amide bonds. The zero-order chi connectivity index (χ0) is 11.6. The highest BCUT2D eigenvalue weighted by molar-refractivity contribution is 5.41. The van der Waals surface area contributed by atoms with Gasteiger partial charge in [0, 0.05) is 11.6 Å². The third-order valence-electron chi connectivity index (χ3n) is 2.48. The van der Waals surface area contributed by atoms with Gasteiger partial charge in [0.25, 0.3) is 0 Å². The molecule has 0 aliphatic heterocycles. The Morgan fingerprint density at radius 3 is 2.53 bits per heavy atom. The molecule has 0 radical (unpaired) electrons. The second-order valence-corrected chi connectivity index (χ2v) is 4.36. The average molecular weight is 211 g/mol. The molecule has 0 aromatic heterocycles. The van der Waals surface area contributed by atoms with E-state index in [-0.39, 0.29) is 11.8 Å². The maximum absolute atomic E-state index is 13.2. The summed E-state index contributed by atoms with van der Waals surface area (Å²) in [4.78, 5) is 0. The number of nitrogens with two attached hydrogens (primary N) is 1. The van der Waals surface area contributed by atoms with Crippen LogP contribution in [-0.2, 0) is 0 Å². The lowest BCUT2D eigenvalue weighted by molar-refractivity contribution is 0.410. The highest BCUT2D eigenvalue weighted by atomic mass is 19.1. The Morgan fingerprint density at radius 1 is 1.40 bits per heavy atom. The van der Waals surface area contributed by atoms with Crippen molar-refractivity contribution in [2.45, 2.75) is 33.2 Å². The summed E-state index contributed by atoms with van der Waals surface area (Å²) in [6, 6.07) is 2.60. The molecule has 3 N–H and O–H groups in total. The van der Waals surface area contributed by atoms with Crippen LogP contribution < -0.4 is 5.73 Å². The predicted molar refractivity (Wildman–Crippen MR) is 59.2 cm³/mol. The Bertz CT molecular complexity index is 350. The average Bonchev–Trinajstić information content (AvgIpc) is 2.11. The van der Waals surface area contributed by atoms with Crippen LogP contribution in [0.15, 0.2) is 12.1 Å². The van der Waals surface area contributed by atoms with Gasteiger partial charge < -0.3 is 10.8 Å². The summed E-state index contributed by atoms with van der Waals surface area (Å²) in [6.45, 7) is 5.92. The number of phenols is 1. The van der Waals surface area contributed by atoms with Gasteiger partial charge in [0.15, 0.2) is 11.6 Å². The van der Waals surface area contributed by atoms with Gasteiger partial charge in [-0.2, -0.15) is 0 Å². The number of hydrogen-bond acceptors (Lipinski definition) is 2. The summed E-state index contributed by atoms with van der Waals surface area (Å²) in [5, 5.41) is 9.61. The zero-order valence-corrected chi connectivity index (χ0v) is 9.42. The van der Waals surface area contributed by atoms with Crippen LogP contribution in [-0.4, -0.2) is 5.11 Å². The van der Waals surface area contributed by atoms with Crippen molar-refractivity contribution >= 4 is 0 Å². The predicted octanol–water partition coefficient (Wildman–Crippen LogP) is 2.89. The van der Waals surface area contributed by atoms with Crippen molar-refractivity contribution in [3.05, 3.63) is 29.1 Å². The van der Waals surface area contributed by atoms with Gasteiger partial charge in [-0.3, -0.25) is 0 Å². The molecule has 1 atom stereocenters. The molecule has 15 heavy (non-hydrogen) atoms. The second kappa shape index (κ2) is 4.62. The SMILES string of the molecule is Cc1ccc(F)c(O)c1[C@@H](N)CC(C)C. The lowest BCUT2D eigenvalue weighted by Crippen LogP contribution is -2.14. The molecule has 0 spiro atoms. The van der Waals surface area contributed by atoms with Crippen molar-refractivity contribution in [2.24, 2.45) is 11.7 Å². The van der Waals surface area contributed by atoms with Crippen molar-refractivity contribution in [2.75, 3.05) is 0 Å². The highest BCUT2D eigenvalue weighted by Gasteiger charge is 2.17. The summed E-state index contributed by atoms with van der Waals surface area (Å²) < 4.78 is 13.2. The molecule has 0 aliphatic rings. The lowest BCUT2D eigenvalue weighted by atomic mass is 9.93. The Hall–Kier alpha value is -1.09. The Morgan fingerprint density at radius 2 is 2.00 bits per heavy atom. The summed E-state index contributed by atoms with van der Waals surface area (Å²) in [7, 11) is 0. The molecule has 1 rings (SSSR count). The molecule has 0 bridgehead atoms. The third kappa shape index (κ3) is 2.69. The van der Waals surface area contributed by atoms with E-state index in [0.717, 1.165) is 12.0 Å². The molecule has 0 unspecified atom stereocenters. The van der Waals surface area contributed by atoms with Crippen LogP contribution in [0.1, 0.15) is 37.4 Å². The minimum atomic E-state index is -0.602. The van der Waals surface area contributed by atoms with Crippen LogP contribution in [0.3, 0.4) is 0 Å². The molecule has 1 aromatic rings. The molecule has 0 saturated heterocycles. The summed E-state index contributed by atoms with van der Waals surface area (Å²) in [6.07, 6.45) is 0.734. The topological polar surface area (TPSA) is 46.2 Å². The molecular weight excluding hydrogens is 193 g/mol. The Kier molecular flexibility index (Phi) is 3.69. The minimum Gasteiger partial charge on any atom is -0.505 e. The molecule has 0 aliphatic carbocycles. The fraction of sp³-hybridized carbons (Fsp3) is 0.500.